The van der Waals surface area contributed by atoms with Crippen LogP contribution in [0.5, 0.6) is 0 Å². The van der Waals surface area contributed by atoms with Gasteiger partial charge in [-0.25, -0.2) is 9.37 Å². The molecule has 26 heavy (non-hydrogen) atoms. The zero-order valence-electron chi connectivity index (χ0n) is 14.3. The highest BCUT2D eigenvalue weighted by molar-refractivity contribution is 9.10. The molecule has 0 fully saturated rings. The molecule has 0 bridgehead atoms. The smallest absolute Gasteiger partial charge is 0.260 e. The molecule has 0 unspecified atom stereocenters. The molecule has 0 saturated heterocycles. The zero-order valence-corrected chi connectivity index (χ0v) is 17.5. The normalized spacial score (nSPS) is 10.8. The first-order valence-corrected chi connectivity index (χ1v) is 9.34. The Morgan fingerprint density at radius 3 is 2.58 bits per heavy atom. The van der Waals surface area contributed by atoms with E-state index in [0.29, 0.717) is 29.3 Å². The minimum atomic E-state index is -0.373. The minimum Gasteiger partial charge on any atom is -0.308 e. The van der Waals surface area contributed by atoms with E-state index < -0.39 is 0 Å². The Morgan fingerprint density at radius 2 is 1.92 bits per heavy atom. The van der Waals surface area contributed by atoms with Crippen molar-refractivity contribution < 1.29 is 9.18 Å². The average Bonchev–Trinajstić information content (AvgIpc) is 3.00. The molecule has 1 amide bonds. The van der Waals surface area contributed by atoms with Crippen LogP contribution in [0.25, 0.3) is 10.2 Å². The van der Waals surface area contributed by atoms with Crippen LogP contribution in [0.4, 0.5) is 9.52 Å². The van der Waals surface area contributed by atoms with Crippen LogP contribution < -0.4 is 4.90 Å². The van der Waals surface area contributed by atoms with Crippen LogP contribution >= 0.6 is 39.7 Å². The van der Waals surface area contributed by atoms with Gasteiger partial charge in [0.2, 0.25) is 0 Å². The topological polar surface area (TPSA) is 36.4 Å². The molecule has 3 rings (SSSR count). The van der Waals surface area contributed by atoms with Crippen LogP contribution in [-0.2, 0) is 0 Å². The average molecular weight is 459 g/mol. The molecular weight excluding hydrogens is 441 g/mol. The second-order valence-corrected chi connectivity index (χ2v) is 7.78. The molecule has 2 aromatic carbocycles. The van der Waals surface area contributed by atoms with E-state index in [4.69, 9.17) is 0 Å². The van der Waals surface area contributed by atoms with E-state index in [0.717, 1.165) is 9.17 Å². The lowest BCUT2D eigenvalue weighted by Gasteiger charge is -2.22. The van der Waals surface area contributed by atoms with Crippen LogP contribution in [0.1, 0.15) is 10.4 Å². The molecule has 0 aliphatic rings. The molecule has 1 heterocycles. The fourth-order valence-corrected chi connectivity index (χ4v) is 3.78. The molecule has 3 aromatic rings. The molecule has 138 valence electrons. The molecule has 0 spiro atoms. The summed E-state index contributed by atoms with van der Waals surface area (Å²) in [6.45, 7) is 1.15. The van der Waals surface area contributed by atoms with Crippen molar-refractivity contribution >= 4 is 60.9 Å². The van der Waals surface area contributed by atoms with Crippen LogP contribution in [-0.4, -0.2) is 43.0 Å². The number of benzene rings is 2. The number of thiazole rings is 1. The van der Waals surface area contributed by atoms with E-state index in [2.05, 4.69) is 20.9 Å². The molecule has 8 heteroatoms. The second kappa shape index (κ2) is 8.90. The standard InChI is InChI=1S/C18H17BrFN3OS.ClH/c1-22(2)9-10-23(17(24)12-5-3-6-13(19)11-12)18-21-16-14(20)7-4-8-15(16)25-18;/h3-8,11H,9-10H2,1-2H3;1H. The zero-order chi connectivity index (χ0) is 18.0. The van der Waals surface area contributed by atoms with Crippen molar-refractivity contribution in [2.75, 3.05) is 32.1 Å². The monoisotopic (exact) mass is 457 g/mol. The number of amides is 1. The maximum atomic E-state index is 14.0. The third-order valence-corrected chi connectivity index (χ3v) is 5.21. The third-order valence-electron chi connectivity index (χ3n) is 3.68. The van der Waals surface area contributed by atoms with Crippen molar-refractivity contribution in [3.8, 4) is 0 Å². The van der Waals surface area contributed by atoms with Gasteiger partial charge >= 0.3 is 0 Å². The van der Waals surface area contributed by atoms with Gasteiger partial charge in [-0.2, -0.15) is 0 Å². The van der Waals surface area contributed by atoms with E-state index in [1.807, 2.05) is 37.2 Å². The lowest BCUT2D eigenvalue weighted by atomic mass is 10.2. The first-order chi connectivity index (χ1) is 12.0. The highest BCUT2D eigenvalue weighted by Crippen LogP contribution is 2.31. The van der Waals surface area contributed by atoms with Gasteiger partial charge in [-0.05, 0) is 44.4 Å². The fraction of sp³-hybridized carbons (Fsp3) is 0.222. The van der Waals surface area contributed by atoms with Crippen LogP contribution in [0, 0.1) is 5.82 Å². The number of aromatic nitrogens is 1. The number of carbonyl (C=O) groups is 1. The molecule has 1 aromatic heterocycles. The van der Waals surface area contributed by atoms with Gasteiger partial charge in [0, 0.05) is 23.1 Å². The van der Waals surface area contributed by atoms with Crippen LogP contribution in [0.2, 0.25) is 0 Å². The van der Waals surface area contributed by atoms with Crippen molar-refractivity contribution in [1.82, 2.24) is 9.88 Å². The maximum absolute atomic E-state index is 14.0. The van der Waals surface area contributed by atoms with Gasteiger partial charge in [-0.1, -0.05) is 39.4 Å². The Hall–Kier alpha value is -1.54. The first-order valence-electron chi connectivity index (χ1n) is 7.73. The highest BCUT2D eigenvalue weighted by atomic mass is 79.9. The van der Waals surface area contributed by atoms with E-state index in [-0.39, 0.29) is 24.1 Å². The second-order valence-electron chi connectivity index (χ2n) is 5.85. The minimum absolute atomic E-state index is 0. The first kappa shape index (κ1) is 20.8. The summed E-state index contributed by atoms with van der Waals surface area (Å²) in [7, 11) is 3.89. The molecule has 0 radical (unpaired) electrons. The highest BCUT2D eigenvalue weighted by Gasteiger charge is 2.22. The molecule has 0 atom stereocenters. The number of rotatable bonds is 5. The Bertz CT molecular complexity index is 918. The maximum Gasteiger partial charge on any atom is 0.260 e. The molecule has 0 saturated carbocycles. The molecule has 0 aliphatic heterocycles. The van der Waals surface area contributed by atoms with Crippen LogP contribution in [0.15, 0.2) is 46.9 Å². The number of hydrogen-bond donors (Lipinski definition) is 0. The summed E-state index contributed by atoms with van der Waals surface area (Å²) in [6.07, 6.45) is 0. The summed E-state index contributed by atoms with van der Waals surface area (Å²) in [4.78, 5) is 21.0. The van der Waals surface area contributed by atoms with Gasteiger partial charge < -0.3 is 4.90 Å². The largest absolute Gasteiger partial charge is 0.308 e. The molecule has 0 N–H and O–H groups in total. The van der Waals surface area contributed by atoms with Crippen LogP contribution in [0.3, 0.4) is 0 Å². The Labute approximate surface area is 170 Å². The van der Waals surface area contributed by atoms with E-state index in [9.17, 15) is 9.18 Å². The number of anilines is 1. The summed E-state index contributed by atoms with van der Waals surface area (Å²) < 4.78 is 15.5. The summed E-state index contributed by atoms with van der Waals surface area (Å²) in [5.41, 5.74) is 0.868. The van der Waals surface area contributed by atoms with Gasteiger partial charge in [0.05, 0.1) is 4.70 Å². The van der Waals surface area contributed by atoms with E-state index in [1.165, 1.54) is 17.4 Å². The predicted molar refractivity (Wildman–Crippen MR) is 111 cm³/mol. The number of hydrogen-bond acceptors (Lipinski definition) is 4. The number of halogens is 3. The molecule has 4 nitrogen and oxygen atoms in total. The van der Waals surface area contributed by atoms with Crippen molar-refractivity contribution in [3.05, 3.63) is 58.3 Å². The number of nitrogens with zero attached hydrogens (tertiary/aromatic N) is 3. The summed E-state index contributed by atoms with van der Waals surface area (Å²) in [6, 6.07) is 12.1. The summed E-state index contributed by atoms with van der Waals surface area (Å²) in [5, 5.41) is 0.506. The number of para-hydroxylation sites is 1. The van der Waals surface area contributed by atoms with Gasteiger partial charge in [0.1, 0.15) is 11.3 Å². The third kappa shape index (κ3) is 4.59. The van der Waals surface area contributed by atoms with E-state index >= 15 is 0 Å². The predicted octanol–water partition coefficient (Wildman–Crippen LogP) is 4.83. The number of likely N-dealkylation sites (N-methyl/N-ethyl adjacent to an activating group) is 1. The lowest BCUT2D eigenvalue weighted by Crippen LogP contribution is -2.36. The van der Waals surface area contributed by atoms with Gasteiger partial charge in [0.15, 0.2) is 5.13 Å². The number of carbonyl (C=O) groups excluding carboxylic acids is 1. The van der Waals surface area contributed by atoms with Gasteiger partial charge in [-0.15, -0.1) is 12.4 Å². The molecular formula is C18H18BrClFN3OS. The lowest BCUT2D eigenvalue weighted by molar-refractivity contribution is 0.0985. The Morgan fingerprint density at radius 1 is 1.19 bits per heavy atom. The van der Waals surface area contributed by atoms with Crippen molar-refractivity contribution in [2.24, 2.45) is 0 Å². The molecule has 0 aliphatic carbocycles. The van der Waals surface area contributed by atoms with Crippen molar-refractivity contribution in [1.29, 1.82) is 0 Å². The van der Waals surface area contributed by atoms with Crippen molar-refractivity contribution in [2.45, 2.75) is 0 Å². The Balaban J connectivity index is 0.00000243. The quantitative estimate of drug-likeness (QED) is 0.549. The summed E-state index contributed by atoms with van der Waals surface area (Å²) >= 11 is 4.72. The van der Waals surface area contributed by atoms with Crippen molar-refractivity contribution in [3.63, 3.8) is 0 Å². The van der Waals surface area contributed by atoms with Gasteiger partial charge in [0.25, 0.3) is 5.91 Å². The number of fused-ring (bicyclic) bond motifs is 1. The summed E-state index contributed by atoms with van der Waals surface area (Å²) in [5.74, 6) is -0.523. The SMILES string of the molecule is CN(C)CCN(C(=O)c1cccc(Br)c1)c1nc2c(F)cccc2s1.Cl. The van der Waals surface area contributed by atoms with E-state index in [1.54, 1.807) is 23.1 Å². The van der Waals surface area contributed by atoms with Gasteiger partial charge in [-0.3, -0.25) is 9.69 Å². The Kier molecular flexibility index (Phi) is 7.11. The fourth-order valence-electron chi connectivity index (χ4n) is 2.38.